The minimum absolute atomic E-state index is 0.0175. The van der Waals surface area contributed by atoms with Crippen LogP contribution in [-0.2, 0) is 0 Å². The third-order valence-corrected chi connectivity index (χ3v) is 5.11. The molecule has 2 unspecified atom stereocenters. The lowest BCUT2D eigenvalue weighted by Gasteiger charge is -2.29. The maximum absolute atomic E-state index is 12.2. The van der Waals surface area contributed by atoms with Gasteiger partial charge in [0.15, 0.2) is 0 Å². The zero-order valence-corrected chi connectivity index (χ0v) is 13.4. The molecule has 0 aromatic heterocycles. The lowest BCUT2D eigenvalue weighted by Crippen LogP contribution is -2.38. The monoisotopic (exact) mass is 343 g/mol. The molecular formula is C15H19BrClNO. The van der Waals surface area contributed by atoms with E-state index in [4.69, 9.17) is 11.6 Å². The lowest BCUT2D eigenvalue weighted by molar-refractivity contribution is 0.0919. The first-order valence-corrected chi connectivity index (χ1v) is 8.03. The first-order valence-electron chi connectivity index (χ1n) is 6.86. The minimum atomic E-state index is -0.0175. The van der Waals surface area contributed by atoms with Gasteiger partial charge in [-0.3, -0.25) is 4.79 Å². The van der Waals surface area contributed by atoms with Crippen LogP contribution in [0.3, 0.4) is 0 Å². The molecule has 104 valence electrons. The highest BCUT2D eigenvalue weighted by Gasteiger charge is 2.22. The molecule has 1 fully saturated rings. The zero-order chi connectivity index (χ0) is 13.8. The third kappa shape index (κ3) is 3.96. The van der Waals surface area contributed by atoms with Gasteiger partial charge in [0.25, 0.3) is 5.91 Å². The van der Waals surface area contributed by atoms with Gasteiger partial charge in [-0.1, -0.05) is 37.8 Å². The van der Waals surface area contributed by atoms with Gasteiger partial charge in [-0.15, -0.1) is 0 Å². The topological polar surface area (TPSA) is 29.1 Å². The van der Waals surface area contributed by atoms with Crippen LogP contribution in [0, 0.1) is 5.92 Å². The van der Waals surface area contributed by atoms with E-state index < -0.39 is 0 Å². The molecule has 1 aromatic rings. The minimum Gasteiger partial charge on any atom is -0.349 e. The molecule has 1 aliphatic carbocycles. The number of carbonyl (C=O) groups excluding carboxylic acids is 1. The second kappa shape index (κ2) is 6.76. The number of halogens is 2. The Bertz CT molecular complexity index is 463. The highest BCUT2D eigenvalue weighted by atomic mass is 79.9. The molecule has 0 heterocycles. The van der Waals surface area contributed by atoms with Gasteiger partial charge in [-0.05, 0) is 52.9 Å². The SMILES string of the molecule is CCC1CCCC(NC(=O)c2ccc(Br)c(Cl)c2)C1. The Balaban J connectivity index is 1.98. The summed E-state index contributed by atoms with van der Waals surface area (Å²) in [7, 11) is 0. The molecule has 2 atom stereocenters. The molecule has 2 nitrogen and oxygen atoms in total. The Morgan fingerprint density at radius 1 is 1.47 bits per heavy atom. The van der Waals surface area contributed by atoms with E-state index in [0.717, 1.165) is 23.2 Å². The van der Waals surface area contributed by atoms with Gasteiger partial charge in [0.05, 0.1) is 5.02 Å². The average Bonchev–Trinajstić information content (AvgIpc) is 2.42. The summed E-state index contributed by atoms with van der Waals surface area (Å²) in [6, 6.07) is 5.63. The number of amides is 1. The molecule has 1 aromatic carbocycles. The average molecular weight is 345 g/mol. The Labute approximate surface area is 128 Å². The lowest BCUT2D eigenvalue weighted by atomic mass is 9.84. The Morgan fingerprint density at radius 3 is 2.95 bits per heavy atom. The van der Waals surface area contributed by atoms with E-state index in [1.807, 2.05) is 6.07 Å². The predicted octanol–water partition coefficient (Wildman–Crippen LogP) is 4.80. The summed E-state index contributed by atoms with van der Waals surface area (Å²) in [5, 5.41) is 3.71. The molecule has 0 radical (unpaired) electrons. The molecule has 1 aliphatic rings. The van der Waals surface area contributed by atoms with Crippen molar-refractivity contribution >= 4 is 33.4 Å². The van der Waals surface area contributed by atoms with Crippen LogP contribution in [0.25, 0.3) is 0 Å². The van der Waals surface area contributed by atoms with Crippen molar-refractivity contribution in [1.29, 1.82) is 0 Å². The van der Waals surface area contributed by atoms with Crippen molar-refractivity contribution in [2.75, 3.05) is 0 Å². The number of rotatable bonds is 3. The molecule has 4 heteroatoms. The van der Waals surface area contributed by atoms with Crippen molar-refractivity contribution < 1.29 is 4.79 Å². The van der Waals surface area contributed by atoms with Crippen LogP contribution in [0.4, 0.5) is 0 Å². The van der Waals surface area contributed by atoms with Crippen LogP contribution >= 0.6 is 27.5 Å². The largest absolute Gasteiger partial charge is 0.349 e. The molecule has 19 heavy (non-hydrogen) atoms. The van der Waals surface area contributed by atoms with Gasteiger partial charge in [0, 0.05) is 16.1 Å². The Morgan fingerprint density at radius 2 is 2.26 bits per heavy atom. The quantitative estimate of drug-likeness (QED) is 0.838. The first kappa shape index (κ1) is 14.9. The van der Waals surface area contributed by atoms with Crippen LogP contribution in [0.15, 0.2) is 22.7 Å². The van der Waals surface area contributed by atoms with Gasteiger partial charge in [0.1, 0.15) is 0 Å². The van der Waals surface area contributed by atoms with E-state index in [9.17, 15) is 4.79 Å². The van der Waals surface area contributed by atoms with Crippen molar-refractivity contribution in [1.82, 2.24) is 5.32 Å². The summed E-state index contributed by atoms with van der Waals surface area (Å²) in [5.41, 5.74) is 0.631. The van der Waals surface area contributed by atoms with E-state index in [2.05, 4.69) is 28.2 Å². The maximum atomic E-state index is 12.2. The summed E-state index contributed by atoms with van der Waals surface area (Å²) in [5.74, 6) is 0.740. The van der Waals surface area contributed by atoms with Crippen molar-refractivity contribution in [3.63, 3.8) is 0 Å². The van der Waals surface area contributed by atoms with Crippen LogP contribution in [0.5, 0.6) is 0 Å². The summed E-state index contributed by atoms with van der Waals surface area (Å²) < 4.78 is 0.814. The number of benzene rings is 1. The van der Waals surface area contributed by atoms with Crippen LogP contribution in [-0.4, -0.2) is 11.9 Å². The fraction of sp³-hybridized carbons (Fsp3) is 0.533. The van der Waals surface area contributed by atoms with Gasteiger partial charge < -0.3 is 5.32 Å². The smallest absolute Gasteiger partial charge is 0.251 e. The fourth-order valence-electron chi connectivity index (χ4n) is 2.70. The van der Waals surface area contributed by atoms with Gasteiger partial charge in [-0.2, -0.15) is 0 Å². The third-order valence-electron chi connectivity index (χ3n) is 3.88. The summed E-state index contributed by atoms with van der Waals surface area (Å²) >= 11 is 9.35. The second-order valence-corrected chi connectivity index (χ2v) is 6.50. The summed E-state index contributed by atoms with van der Waals surface area (Å²) in [6.07, 6.45) is 5.91. The number of hydrogen-bond acceptors (Lipinski definition) is 1. The molecule has 1 N–H and O–H groups in total. The Hall–Kier alpha value is -0.540. The van der Waals surface area contributed by atoms with Crippen LogP contribution in [0.2, 0.25) is 5.02 Å². The predicted molar refractivity (Wildman–Crippen MR) is 82.7 cm³/mol. The highest BCUT2D eigenvalue weighted by molar-refractivity contribution is 9.10. The zero-order valence-electron chi connectivity index (χ0n) is 11.1. The maximum Gasteiger partial charge on any atom is 0.251 e. The number of nitrogens with one attached hydrogen (secondary N) is 1. The molecule has 1 amide bonds. The van der Waals surface area contributed by atoms with E-state index in [0.29, 0.717) is 16.6 Å². The van der Waals surface area contributed by atoms with Crippen molar-refractivity contribution in [3.05, 3.63) is 33.3 Å². The fourth-order valence-corrected chi connectivity index (χ4v) is 3.13. The van der Waals surface area contributed by atoms with E-state index in [1.54, 1.807) is 12.1 Å². The molecule has 0 aliphatic heterocycles. The highest BCUT2D eigenvalue weighted by Crippen LogP contribution is 2.27. The molecule has 0 spiro atoms. The van der Waals surface area contributed by atoms with E-state index >= 15 is 0 Å². The normalized spacial score (nSPS) is 23.1. The summed E-state index contributed by atoms with van der Waals surface area (Å²) in [4.78, 5) is 12.2. The second-order valence-electron chi connectivity index (χ2n) is 5.24. The standard InChI is InChI=1S/C15H19BrClNO/c1-2-10-4-3-5-12(8-10)18-15(19)11-6-7-13(16)14(17)9-11/h6-7,9-10,12H,2-5,8H2,1H3,(H,18,19). The van der Waals surface area contributed by atoms with Crippen molar-refractivity contribution in [2.24, 2.45) is 5.92 Å². The van der Waals surface area contributed by atoms with Crippen LogP contribution in [0.1, 0.15) is 49.4 Å². The van der Waals surface area contributed by atoms with E-state index in [1.165, 1.54) is 19.3 Å². The first-order chi connectivity index (χ1) is 9.10. The molecule has 0 saturated heterocycles. The van der Waals surface area contributed by atoms with Crippen molar-refractivity contribution in [3.8, 4) is 0 Å². The van der Waals surface area contributed by atoms with E-state index in [-0.39, 0.29) is 5.91 Å². The van der Waals surface area contributed by atoms with Crippen molar-refractivity contribution in [2.45, 2.75) is 45.1 Å². The Kier molecular flexibility index (Phi) is 5.28. The van der Waals surface area contributed by atoms with Gasteiger partial charge in [-0.25, -0.2) is 0 Å². The molecule has 0 bridgehead atoms. The van der Waals surface area contributed by atoms with Gasteiger partial charge in [0.2, 0.25) is 0 Å². The molecular weight excluding hydrogens is 326 g/mol. The molecule has 1 saturated carbocycles. The summed E-state index contributed by atoms with van der Waals surface area (Å²) in [6.45, 7) is 2.23. The number of hydrogen-bond donors (Lipinski definition) is 1. The number of carbonyl (C=O) groups is 1. The van der Waals surface area contributed by atoms with Crippen LogP contribution < -0.4 is 5.32 Å². The molecule has 2 rings (SSSR count). The van der Waals surface area contributed by atoms with Gasteiger partial charge >= 0.3 is 0 Å².